The predicted molar refractivity (Wildman–Crippen MR) is 69.9 cm³/mol. The topological polar surface area (TPSA) is 61.8 Å². The number of hydroxylamine groups is 1. The number of carbonyl (C=O) groups is 1. The molecule has 0 aromatic heterocycles. The fourth-order valence-electron chi connectivity index (χ4n) is 2.46. The van der Waals surface area contributed by atoms with Crippen LogP contribution in [0.3, 0.4) is 0 Å². The molecule has 0 saturated heterocycles. The van der Waals surface area contributed by atoms with Crippen LogP contribution in [0.25, 0.3) is 0 Å². The zero-order valence-electron chi connectivity index (χ0n) is 10.7. The minimum absolute atomic E-state index is 0.242. The van der Waals surface area contributed by atoms with E-state index in [0.717, 1.165) is 18.4 Å². The number of fused-ring (bicyclic) bond motifs is 1. The summed E-state index contributed by atoms with van der Waals surface area (Å²) in [4.78, 5) is 13.1. The number of benzene rings is 1. The Bertz CT molecular complexity index is 522. The molecule has 2 rings (SSSR count). The van der Waals surface area contributed by atoms with Crippen molar-refractivity contribution in [3.8, 4) is 18.1 Å². The first kappa shape index (κ1) is 13.4. The number of nitrogens with one attached hydrogen (secondary N) is 1. The minimum Gasteiger partial charge on any atom is -0.409 e. The summed E-state index contributed by atoms with van der Waals surface area (Å²) in [5.74, 6) is 3.04. The smallest absolute Gasteiger partial charge is 0.409 e. The Labute approximate surface area is 112 Å². The van der Waals surface area contributed by atoms with Gasteiger partial charge in [0.1, 0.15) is 5.75 Å². The van der Waals surface area contributed by atoms with Gasteiger partial charge in [-0.05, 0) is 43.1 Å². The zero-order chi connectivity index (χ0) is 13.8. The van der Waals surface area contributed by atoms with E-state index < -0.39 is 6.09 Å². The van der Waals surface area contributed by atoms with Crippen LogP contribution < -0.4 is 10.2 Å². The number of terminal acetylenes is 1. The molecular weight excluding hydrogens is 244 g/mol. The van der Waals surface area contributed by atoms with Crippen molar-refractivity contribution in [2.75, 3.05) is 13.6 Å². The number of aryl methyl sites for hydroxylation is 1. The van der Waals surface area contributed by atoms with E-state index in [2.05, 4.69) is 10.8 Å². The van der Waals surface area contributed by atoms with Gasteiger partial charge in [-0.3, -0.25) is 10.1 Å². The van der Waals surface area contributed by atoms with Gasteiger partial charge in [0.2, 0.25) is 0 Å². The summed E-state index contributed by atoms with van der Waals surface area (Å²) in [5.41, 5.74) is 3.80. The Balaban J connectivity index is 2.21. The first-order valence-electron chi connectivity index (χ1n) is 6.04. The molecule has 0 aliphatic heterocycles. The van der Waals surface area contributed by atoms with Gasteiger partial charge in [0.05, 0.1) is 6.54 Å². The number of amides is 1. The van der Waals surface area contributed by atoms with Gasteiger partial charge < -0.3 is 4.74 Å². The van der Waals surface area contributed by atoms with Crippen LogP contribution in [-0.2, 0) is 6.42 Å². The van der Waals surface area contributed by atoms with E-state index in [1.54, 1.807) is 6.07 Å². The van der Waals surface area contributed by atoms with Crippen LogP contribution >= 0.6 is 0 Å². The molecule has 2 N–H and O–H groups in total. The summed E-state index contributed by atoms with van der Waals surface area (Å²) in [6.07, 6.45) is 6.43. The average Bonchev–Trinajstić information content (AvgIpc) is 2.82. The van der Waals surface area contributed by atoms with Crippen molar-refractivity contribution >= 4 is 6.09 Å². The maximum absolute atomic E-state index is 11.0. The highest BCUT2D eigenvalue weighted by Crippen LogP contribution is 2.36. The van der Waals surface area contributed by atoms with Crippen LogP contribution in [-0.4, -0.2) is 29.8 Å². The van der Waals surface area contributed by atoms with Crippen molar-refractivity contribution in [1.82, 2.24) is 10.4 Å². The molecule has 0 bridgehead atoms. The van der Waals surface area contributed by atoms with E-state index in [-0.39, 0.29) is 6.04 Å². The van der Waals surface area contributed by atoms with Crippen molar-refractivity contribution in [3.05, 3.63) is 29.3 Å². The minimum atomic E-state index is -0.897. The molecule has 1 aliphatic rings. The van der Waals surface area contributed by atoms with Gasteiger partial charge in [-0.15, -0.1) is 6.42 Å². The van der Waals surface area contributed by atoms with Crippen molar-refractivity contribution in [2.45, 2.75) is 18.9 Å². The van der Waals surface area contributed by atoms with Gasteiger partial charge in [-0.25, -0.2) is 10.3 Å². The van der Waals surface area contributed by atoms with E-state index in [0.29, 0.717) is 12.3 Å². The van der Waals surface area contributed by atoms with Crippen molar-refractivity contribution in [3.63, 3.8) is 0 Å². The van der Waals surface area contributed by atoms with Crippen molar-refractivity contribution in [2.24, 2.45) is 0 Å². The molecule has 0 saturated carbocycles. The molecule has 100 valence electrons. The highest BCUT2D eigenvalue weighted by Gasteiger charge is 2.26. The van der Waals surface area contributed by atoms with Crippen LogP contribution in [0.2, 0.25) is 0 Å². The van der Waals surface area contributed by atoms with E-state index >= 15 is 0 Å². The Hall–Kier alpha value is -2.03. The number of nitrogens with zero attached hydrogens (tertiary/aromatic N) is 1. The van der Waals surface area contributed by atoms with Crippen LogP contribution in [0.15, 0.2) is 18.2 Å². The molecule has 0 radical (unpaired) electrons. The molecule has 19 heavy (non-hydrogen) atoms. The molecule has 1 aliphatic carbocycles. The second-order valence-corrected chi connectivity index (χ2v) is 4.54. The second-order valence-electron chi connectivity index (χ2n) is 4.54. The third-order valence-electron chi connectivity index (χ3n) is 3.34. The van der Waals surface area contributed by atoms with Gasteiger partial charge in [0.25, 0.3) is 0 Å². The highest BCUT2D eigenvalue weighted by atomic mass is 16.6. The lowest BCUT2D eigenvalue weighted by Crippen LogP contribution is -2.24. The molecule has 1 aromatic rings. The predicted octanol–water partition coefficient (Wildman–Crippen LogP) is 1.72. The first-order valence-corrected chi connectivity index (χ1v) is 6.04. The maximum Gasteiger partial charge on any atom is 0.436 e. The highest BCUT2D eigenvalue weighted by molar-refractivity contribution is 5.69. The lowest BCUT2D eigenvalue weighted by molar-refractivity contribution is 0.127. The third kappa shape index (κ3) is 2.87. The van der Waals surface area contributed by atoms with E-state index in [9.17, 15) is 4.79 Å². The molecule has 0 fully saturated rings. The van der Waals surface area contributed by atoms with Gasteiger partial charge in [0, 0.05) is 6.04 Å². The Morgan fingerprint density at radius 1 is 1.68 bits per heavy atom. The van der Waals surface area contributed by atoms with E-state index in [4.69, 9.17) is 16.4 Å². The average molecular weight is 260 g/mol. The summed E-state index contributed by atoms with van der Waals surface area (Å²) in [5, 5.41) is 8.44. The van der Waals surface area contributed by atoms with E-state index in [1.807, 2.05) is 19.2 Å². The number of ether oxygens (including phenoxy) is 1. The van der Waals surface area contributed by atoms with E-state index in [1.165, 1.54) is 11.0 Å². The van der Waals surface area contributed by atoms with Crippen LogP contribution in [0.1, 0.15) is 23.6 Å². The van der Waals surface area contributed by atoms with Crippen LogP contribution in [0, 0.1) is 12.3 Å². The van der Waals surface area contributed by atoms with Crippen LogP contribution in [0.4, 0.5) is 4.79 Å². The molecule has 0 spiro atoms. The molecule has 5 heteroatoms. The summed E-state index contributed by atoms with van der Waals surface area (Å²) < 4.78 is 4.92. The van der Waals surface area contributed by atoms with Gasteiger partial charge in [0.15, 0.2) is 0 Å². The fraction of sp³-hybridized carbons (Fsp3) is 0.357. The molecule has 1 amide bonds. The summed E-state index contributed by atoms with van der Waals surface area (Å²) in [6, 6.07) is 5.73. The fourth-order valence-corrected chi connectivity index (χ4v) is 2.46. The SMILES string of the molecule is C#CCN(C)[C@H]1CCc2ccc(OC(=O)NO)cc21. The monoisotopic (exact) mass is 260 g/mol. The molecular formula is C14H16N2O3. The number of hydrogen-bond donors (Lipinski definition) is 2. The largest absolute Gasteiger partial charge is 0.436 e. The lowest BCUT2D eigenvalue weighted by Gasteiger charge is -2.23. The summed E-state index contributed by atoms with van der Waals surface area (Å²) in [6.45, 7) is 0.576. The zero-order valence-corrected chi connectivity index (χ0v) is 10.7. The Morgan fingerprint density at radius 2 is 2.47 bits per heavy atom. The van der Waals surface area contributed by atoms with Gasteiger partial charge in [-0.1, -0.05) is 12.0 Å². The standard InChI is InChI=1S/C14H16N2O3/c1-3-8-16(2)13-7-5-10-4-6-11(9-12(10)13)19-14(17)15-18/h1,4,6,9,13,18H,5,7-8H2,2H3,(H,15,17)/t13-/m0/s1. The molecule has 0 heterocycles. The summed E-state index contributed by atoms with van der Waals surface area (Å²) >= 11 is 0. The van der Waals surface area contributed by atoms with Gasteiger partial charge in [-0.2, -0.15) is 0 Å². The quantitative estimate of drug-likeness (QED) is 0.493. The lowest BCUT2D eigenvalue weighted by atomic mass is 10.1. The van der Waals surface area contributed by atoms with Gasteiger partial charge >= 0.3 is 6.09 Å². The molecule has 1 aromatic carbocycles. The Morgan fingerprint density at radius 3 is 3.16 bits per heavy atom. The maximum atomic E-state index is 11.0. The van der Waals surface area contributed by atoms with Crippen molar-refractivity contribution in [1.29, 1.82) is 0 Å². The normalized spacial score (nSPS) is 16.8. The summed E-state index contributed by atoms with van der Waals surface area (Å²) in [7, 11) is 1.98. The molecule has 1 atom stereocenters. The first-order chi connectivity index (χ1) is 9.15. The van der Waals surface area contributed by atoms with Crippen LogP contribution in [0.5, 0.6) is 5.75 Å². The third-order valence-corrected chi connectivity index (χ3v) is 3.34. The molecule has 0 unspecified atom stereocenters. The molecule has 5 nitrogen and oxygen atoms in total. The Kier molecular flexibility index (Phi) is 4.05. The number of hydrogen-bond acceptors (Lipinski definition) is 4. The number of rotatable bonds is 3. The second kappa shape index (κ2) is 5.74. The van der Waals surface area contributed by atoms with Crippen molar-refractivity contribution < 1.29 is 14.7 Å². The number of carbonyl (C=O) groups excluding carboxylic acids is 1.